The number of unbranched alkanes of at least 4 members (excludes halogenated alkanes) is 3. The maximum atomic E-state index is 11.5. The van der Waals surface area contributed by atoms with Gasteiger partial charge in [-0.3, -0.25) is 4.79 Å². The average molecular weight is 212 g/mol. The zero-order valence-corrected chi connectivity index (χ0v) is 10.3. The third kappa shape index (κ3) is 3.51. The number of esters is 1. The Morgan fingerprint density at radius 3 is 2.67 bits per heavy atom. The van der Waals surface area contributed by atoms with E-state index in [1.54, 1.807) is 0 Å². The first-order chi connectivity index (χ1) is 7.14. The molecule has 1 saturated carbocycles. The summed E-state index contributed by atoms with van der Waals surface area (Å²) in [5, 5.41) is 0. The highest BCUT2D eigenvalue weighted by molar-refractivity contribution is 5.76. The van der Waals surface area contributed by atoms with Crippen molar-refractivity contribution in [2.45, 2.75) is 59.3 Å². The molecule has 88 valence electrons. The molecule has 1 aliphatic carbocycles. The van der Waals surface area contributed by atoms with Crippen LogP contribution in [-0.2, 0) is 9.53 Å². The molecule has 2 nitrogen and oxygen atoms in total. The monoisotopic (exact) mass is 212 g/mol. The molecule has 0 aromatic carbocycles. The predicted octanol–water partition coefficient (Wildman–Crippen LogP) is 3.55. The van der Waals surface area contributed by atoms with E-state index in [-0.39, 0.29) is 17.3 Å². The van der Waals surface area contributed by atoms with Crippen molar-refractivity contribution in [2.24, 2.45) is 11.3 Å². The number of ether oxygens (including phenoxy) is 1. The van der Waals surface area contributed by atoms with Crippen molar-refractivity contribution in [2.75, 3.05) is 6.61 Å². The molecule has 0 unspecified atom stereocenters. The van der Waals surface area contributed by atoms with Crippen LogP contribution in [0.3, 0.4) is 0 Å². The van der Waals surface area contributed by atoms with Crippen LogP contribution in [0.1, 0.15) is 59.3 Å². The fourth-order valence-corrected chi connectivity index (χ4v) is 2.25. The molecule has 1 aliphatic rings. The summed E-state index contributed by atoms with van der Waals surface area (Å²) in [5.41, 5.74) is 0.264. The molecule has 0 radical (unpaired) electrons. The third-order valence-corrected chi connectivity index (χ3v) is 3.52. The van der Waals surface area contributed by atoms with Gasteiger partial charge in [-0.2, -0.15) is 0 Å². The quantitative estimate of drug-likeness (QED) is 0.476. The molecule has 0 heterocycles. The van der Waals surface area contributed by atoms with Crippen LogP contribution in [0.4, 0.5) is 0 Å². The summed E-state index contributed by atoms with van der Waals surface area (Å²) in [6, 6.07) is 0. The van der Waals surface area contributed by atoms with Gasteiger partial charge < -0.3 is 4.74 Å². The summed E-state index contributed by atoms with van der Waals surface area (Å²) in [5.74, 6) is 0.217. The fraction of sp³-hybridized carbons (Fsp3) is 0.923. The summed E-state index contributed by atoms with van der Waals surface area (Å²) in [4.78, 5) is 11.5. The second kappa shape index (κ2) is 5.53. The van der Waals surface area contributed by atoms with Crippen LogP contribution in [0.5, 0.6) is 0 Å². The van der Waals surface area contributed by atoms with Gasteiger partial charge in [0.25, 0.3) is 0 Å². The first kappa shape index (κ1) is 12.5. The maximum absolute atomic E-state index is 11.5. The molecular weight excluding hydrogens is 188 g/mol. The summed E-state index contributed by atoms with van der Waals surface area (Å²) in [7, 11) is 0. The lowest BCUT2D eigenvalue weighted by molar-refractivity contribution is -0.145. The predicted molar refractivity (Wildman–Crippen MR) is 61.6 cm³/mol. The van der Waals surface area contributed by atoms with E-state index in [2.05, 4.69) is 13.8 Å². The molecule has 0 amide bonds. The van der Waals surface area contributed by atoms with E-state index < -0.39 is 0 Å². The van der Waals surface area contributed by atoms with Gasteiger partial charge in [0.05, 0.1) is 12.5 Å². The van der Waals surface area contributed by atoms with Crippen molar-refractivity contribution < 1.29 is 9.53 Å². The molecule has 0 bridgehead atoms. The SMILES string of the molecule is CCCCCC[C@]1(C)C[C@@H]1C(=O)OCC. The van der Waals surface area contributed by atoms with Gasteiger partial charge in [0.15, 0.2) is 0 Å². The van der Waals surface area contributed by atoms with Gasteiger partial charge in [-0.15, -0.1) is 0 Å². The molecule has 2 heteroatoms. The highest BCUT2D eigenvalue weighted by Gasteiger charge is 2.54. The van der Waals surface area contributed by atoms with Crippen molar-refractivity contribution in [3.63, 3.8) is 0 Å². The van der Waals surface area contributed by atoms with E-state index in [9.17, 15) is 4.79 Å². The van der Waals surface area contributed by atoms with Crippen molar-refractivity contribution in [3.05, 3.63) is 0 Å². The first-order valence-electron chi connectivity index (χ1n) is 6.30. The minimum atomic E-state index is 0.0236. The number of carbonyl (C=O) groups excluding carboxylic acids is 1. The molecular formula is C13H24O2. The van der Waals surface area contributed by atoms with E-state index in [0.29, 0.717) is 6.61 Å². The van der Waals surface area contributed by atoms with Gasteiger partial charge in [0.1, 0.15) is 0 Å². The molecule has 0 aromatic rings. The van der Waals surface area contributed by atoms with Crippen LogP contribution in [0.15, 0.2) is 0 Å². The average Bonchev–Trinajstić information content (AvgIpc) is 2.87. The summed E-state index contributed by atoms with van der Waals surface area (Å²) in [6.07, 6.45) is 7.40. The summed E-state index contributed by atoms with van der Waals surface area (Å²) in [6.45, 7) is 6.83. The lowest BCUT2D eigenvalue weighted by Gasteiger charge is -2.10. The van der Waals surface area contributed by atoms with Gasteiger partial charge in [-0.25, -0.2) is 0 Å². The van der Waals surface area contributed by atoms with Gasteiger partial charge in [0.2, 0.25) is 0 Å². The Bertz CT molecular complexity index is 213. The molecule has 0 saturated heterocycles. The smallest absolute Gasteiger partial charge is 0.309 e. The molecule has 0 N–H and O–H groups in total. The number of hydrogen-bond donors (Lipinski definition) is 0. The lowest BCUT2D eigenvalue weighted by Crippen LogP contribution is -2.11. The topological polar surface area (TPSA) is 26.3 Å². The number of hydrogen-bond acceptors (Lipinski definition) is 2. The molecule has 15 heavy (non-hydrogen) atoms. The van der Waals surface area contributed by atoms with Crippen molar-refractivity contribution in [3.8, 4) is 0 Å². The second-order valence-electron chi connectivity index (χ2n) is 4.97. The van der Waals surface area contributed by atoms with E-state index in [1.807, 2.05) is 6.92 Å². The number of rotatable bonds is 7. The second-order valence-corrected chi connectivity index (χ2v) is 4.97. The van der Waals surface area contributed by atoms with Gasteiger partial charge >= 0.3 is 5.97 Å². The largest absolute Gasteiger partial charge is 0.466 e. The van der Waals surface area contributed by atoms with Gasteiger partial charge in [-0.1, -0.05) is 39.5 Å². The van der Waals surface area contributed by atoms with E-state index in [4.69, 9.17) is 4.74 Å². The van der Waals surface area contributed by atoms with Crippen molar-refractivity contribution >= 4 is 5.97 Å². The minimum Gasteiger partial charge on any atom is -0.466 e. The Morgan fingerprint density at radius 2 is 2.07 bits per heavy atom. The fourth-order valence-electron chi connectivity index (χ4n) is 2.25. The Balaban J connectivity index is 2.17. The standard InChI is InChI=1S/C13H24O2/c1-4-6-7-8-9-13(3)10-11(13)12(14)15-5-2/h11H,4-10H2,1-3H3/t11-,13-/m1/s1. The van der Waals surface area contributed by atoms with E-state index in [1.165, 1.54) is 32.1 Å². The van der Waals surface area contributed by atoms with E-state index in [0.717, 1.165) is 6.42 Å². The third-order valence-electron chi connectivity index (χ3n) is 3.52. The van der Waals surface area contributed by atoms with Crippen molar-refractivity contribution in [1.29, 1.82) is 0 Å². The molecule has 1 fully saturated rings. The highest BCUT2D eigenvalue weighted by atomic mass is 16.5. The molecule has 1 rings (SSSR count). The minimum absolute atomic E-state index is 0.0236. The van der Waals surface area contributed by atoms with Crippen LogP contribution < -0.4 is 0 Å². The highest BCUT2D eigenvalue weighted by Crippen LogP contribution is 2.56. The Morgan fingerprint density at radius 1 is 1.33 bits per heavy atom. The van der Waals surface area contributed by atoms with Crippen LogP contribution in [0, 0.1) is 11.3 Å². The molecule has 0 aromatic heterocycles. The first-order valence-corrected chi connectivity index (χ1v) is 6.30. The zero-order valence-electron chi connectivity index (χ0n) is 10.3. The van der Waals surface area contributed by atoms with Crippen LogP contribution in [0.25, 0.3) is 0 Å². The molecule has 2 atom stereocenters. The normalized spacial score (nSPS) is 28.9. The maximum Gasteiger partial charge on any atom is 0.309 e. The van der Waals surface area contributed by atoms with E-state index >= 15 is 0 Å². The summed E-state index contributed by atoms with van der Waals surface area (Å²) >= 11 is 0. The van der Waals surface area contributed by atoms with Crippen LogP contribution >= 0.6 is 0 Å². The molecule has 0 spiro atoms. The Kier molecular flexibility index (Phi) is 4.62. The van der Waals surface area contributed by atoms with Gasteiger partial charge in [0, 0.05) is 0 Å². The lowest BCUT2D eigenvalue weighted by atomic mass is 9.97. The van der Waals surface area contributed by atoms with Crippen molar-refractivity contribution in [1.82, 2.24) is 0 Å². The Hall–Kier alpha value is -0.530. The number of carbonyl (C=O) groups is 1. The van der Waals surface area contributed by atoms with Gasteiger partial charge in [-0.05, 0) is 25.2 Å². The summed E-state index contributed by atoms with van der Waals surface area (Å²) < 4.78 is 5.05. The van der Waals surface area contributed by atoms with Crippen LogP contribution in [-0.4, -0.2) is 12.6 Å². The van der Waals surface area contributed by atoms with Crippen LogP contribution in [0.2, 0.25) is 0 Å². The Labute approximate surface area is 93.4 Å². The molecule has 0 aliphatic heterocycles. The zero-order chi connectivity index (χ0) is 11.3.